The quantitative estimate of drug-likeness (QED) is 0.810. The van der Waals surface area contributed by atoms with E-state index < -0.39 is 12.5 Å². The third-order valence-corrected chi connectivity index (χ3v) is 2.77. The smallest absolute Gasteiger partial charge is 0.406 e. The minimum atomic E-state index is -4.72. The molecule has 0 spiro atoms. The first-order valence-electron chi connectivity index (χ1n) is 6.07. The molecular weight excluding hydrogens is 262 g/mol. The Morgan fingerprint density at radius 1 is 1.26 bits per heavy atom. The molecule has 0 aromatic heterocycles. The van der Waals surface area contributed by atoms with Crippen molar-refractivity contribution in [2.75, 3.05) is 6.54 Å². The van der Waals surface area contributed by atoms with Gasteiger partial charge >= 0.3 is 6.36 Å². The van der Waals surface area contributed by atoms with Crippen LogP contribution < -0.4 is 10.5 Å². The number of rotatable bonds is 6. The van der Waals surface area contributed by atoms with Crippen molar-refractivity contribution in [2.24, 2.45) is 5.73 Å². The predicted octanol–water partition coefficient (Wildman–Crippen LogP) is 3.38. The van der Waals surface area contributed by atoms with E-state index in [9.17, 15) is 17.6 Å². The first-order valence-corrected chi connectivity index (χ1v) is 6.07. The molecule has 0 radical (unpaired) electrons. The van der Waals surface area contributed by atoms with Crippen LogP contribution in [0.25, 0.3) is 0 Å². The third-order valence-electron chi connectivity index (χ3n) is 2.77. The molecule has 0 amide bonds. The van der Waals surface area contributed by atoms with Crippen molar-refractivity contribution in [3.05, 3.63) is 29.3 Å². The van der Waals surface area contributed by atoms with E-state index in [1.807, 2.05) is 6.92 Å². The number of aryl methyl sites for hydroxylation is 2. The van der Waals surface area contributed by atoms with Gasteiger partial charge in [-0.1, -0.05) is 13.0 Å². The molecule has 0 aliphatic heterocycles. The van der Waals surface area contributed by atoms with Gasteiger partial charge in [-0.15, -0.1) is 13.2 Å². The lowest BCUT2D eigenvalue weighted by molar-refractivity contribution is -0.274. The van der Waals surface area contributed by atoms with Crippen LogP contribution in [0.5, 0.6) is 5.75 Å². The molecule has 0 saturated heterocycles. The number of halogens is 4. The molecule has 0 aliphatic rings. The molecule has 108 valence electrons. The van der Waals surface area contributed by atoms with Gasteiger partial charge in [-0.25, -0.2) is 4.39 Å². The van der Waals surface area contributed by atoms with Crippen LogP contribution in [-0.2, 0) is 12.8 Å². The van der Waals surface area contributed by atoms with Crippen LogP contribution in [0.1, 0.15) is 24.5 Å². The van der Waals surface area contributed by atoms with Gasteiger partial charge in [0, 0.05) is 6.54 Å². The van der Waals surface area contributed by atoms with Crippen LogP contribution in [-0.4, -0.2) is 19.1 Å². The Morgan fingerprint density at radius 3 is 2.47 bits per heavy atom. The second-order valence-corrected chi connectivity index (χ2v) is 4.20. The van der Waals surface area contributed by atoms with Gasteiger partial charge in [0.25, 0.3) is 0 Å². The fourth-order valence-corrected chi connectivity index (χ4v) is 1.81. The van der Waals surface area contributed by atoms with Crippen molar-refractivity contribution in [1.29, 1.82) is 0 Å². The summed E-state index contributed by atoms with van der Waals surface area (Å²) in [5.74, 6) is -0.275. The maximum Gasteiger partial charge on any atom is 0.573 e. The Balaban J connectivity index is 2.84. The summed E-state index contributed by atoms with van der Waals surface area (Å²) in [4.78, 5) is 0. The molecule has 1 atom stereocenters. The van der Waals surface area contributed by atoms with Gasteiger partial charge in [0.15, 0.2) is 0 Å². The van der Waals surface area contributed by atoms with Crippen LogP contribution in [0, 0.1) is 0 Å². The van der Waals surface area contributed by atoms with E-state index in [1.54, 1.807) is 6.07 Å². The number of hydrogen-bond acceptors (Lipinski definition) is 2. The number of hydrogen-bond donors (Lipinski definition) is 1. The van der Waals surface area contributed by atoms with Crippen LogP contribution in [0.3, 0.4) is 0 Å². The lowest BCUT2D eigenvalue weighted by Gasteiger charge is -2.13. The van der Waals surface area contributed by atoms with E-state index in [-0.39, 0.29) is 18.7 Å². The highest BCUT2D eigenvalue weighted by Crippen LogP contribution is 2.26. The summed E-state index contributed by atoms with van der Waals surface area (Å²) in [5.41, 5.74) is 6.73. The zero-order valence-corrected chi connectivity index (χ0v) is 10.6. The maximum absolute atomic E-state index is 13.1. The highest BCUT2D eigenvalue weighted by Gasteiger charge is 2.31. The second kappa shape index (κ2) is 6.75. The van der Waals surface area contributed by atoms with E-state index in [4.69, 9.17) is 5.73 Å². The summed E-state index contributed by atoms with van der Waals surface area (Å²) < 4.78 is 53.3. The highest BCUT2D eigenvalue weighted by atomic mass is 19.4. The summed E-state index contributed by atoms with van der Waals surface area (Å²) in [6, 6.07) is 4.16. The molecule has 0 heterocycles. The first-order chi connectivity index (χ1) is 8.85. The average molecular weight is 279 g/mol. The van der Waals surface area contributed by atoms with E-state index in [2.05, 4.69) is 4.74 Å². The van der Waals surface area contributed by atoms with Crippen molar-refractivity contribution in [1.82, 2.24) is 0 Å². The number of ether oxygens (including phenoxy) is 1. The molecule has 1 aromatic carbocycles. The second-order valence-electron chi connectivity index (χ2n) is 4.20. The molecule has 2 nitrogen and oxygen atoms in total. The minimum absolute atomic E-state index is 0.0831. The molecule has 0 saturated carbocycles. The largest absolute Gasteiger partial charge is 0.573 e. The van der Waals surface area contributed by atoms with Crippen LogP contribution in [0.4, 0.5) is 17.6 Å². The lowest BCUT2D eigenvalue weighted by Crippen LogP contribution is -2.18. The van der Waals surface area contributed by atoms with Crippen LogP contribution in [0.15, 0.2) is 18.2 Å². The average Bonchev–Trinajstić information content (AvgIpc) is 2.34. The van der Waals surface area contributed by atoms with Gasteiger partial charge in [-0.3, -0.25) is 0 Å². The van der Waals surface area contributed by atoms with Gasteiger partial charge in [-0.05, 0) is 42.5 Å². The maximum atomic E-state index is 13.1. The Hall–Kier alpha value is -1.30. The van der Waals surface area contributed by atoms with E-state index in [1.165, 1.54) is 12.1 Å². The van der Waals surface area contributed by atoms with Gasteiger partial charge < -0.3 is 10.5 Å². The summed E-state index contributed by atoms with van der Waals surface area (Å²) >= 11 is 0. The Labute approximate surface area is 109 Å². The topological polar surface area (TPSA) is 35.2 Å². The van der Waals surface area contributed by atoms with Gasteiger partial charge in [0.05, 0.1) is 0 Å². The molecule has 0 fully saturated rings. The van der Waals surface area contributed by atoms with Crippen LogP contribution >= 0.6 is 0 Å². The number of alkyl halides is 4. The summed E-state index contributed by atoms with van der Waals surface area (Å²) in [6.45, 7) is 1.80. The van der Waals surface area contributed by atoms with Crippen molar-refractivity contribution < 1.29 is 22.3 Å². The SMILES string of the molecule is CCc1ccc(OC(F)(F)F)cc1CCC(F)CN. The Morgan fingerprint density at radius 2 is 1.95 bits per heavy atom. The monoisotopic (exact) mass is 279 g/mol. The standard InChI is InChI=1S/C13H17F4NO/c1-2-9-4-6-12(19-13(15,16)17)7-10(9)3-5-11(14)8-18/h4,6-7,11H,2-3,5,8,18H2,1H3. The highest BCUT2D eigenvalue weighted by molar-refractivity contribution is 5.36. The zero-order valence-electron chi connectivity index (χ0n) is 10.6. The minimum Gasteiger partial charge on any atom is -0.406 e. The molecule has 1 unspecified atom stereocenters. The summed E-state index contributed by atoms with van der Waals surface area (Å²) in [7, 11) is 0. The van der Waals surface area contributed by atoms with Gasteiger partial charge in [0.2, 0.25) is 0 Å². The van der Waals surface area contributed by atoms with Crippen LogP contribution in [0.2, 0.25) is 0 Å². The first kappa shape index (κ1) is 15.8. The summed E-state index contributed by atoms with van der Waals surface area (Å²) in [5, 5.41) is 0. The van der Waals surface area contributed by atoms with E-state index in [0.717, 1.165) is 5.56 Å². The molecule has 0 bridgehead atoms. The molecule has 2 N–H and O–H groups in total. The van der Waals surface area contributed by atoms with Crippen molar-refractivity contribution in [2.45, 2.75) is 38.7 Å². The Bertz CT molecular complexity index is 406. The van der Waals surface area contributed by atoms with E-state index in [0.29, 0.717) is 18.4 Å². The van der Waals surface area contributed by atoms with Crippen molar-refractivity contribution in [3.63, 3.8) is 0 Å². The molecule has 0 aliphatic carbocycles. The normalized spacial score (nSPS) is 13.4. The molecular formula is C13H17F4NO. The number of nitrogens with two attached hydrogens (primary N) is 1. The number of benzene rings is 1. The summed E-state index contributed by atoms with van der Waals surface area (Å²) in [6.07, 6.45) is -4.65. The van der Waals surface area contributed by atoms with E-state index >= 15 is 0 Å². The fraction of sp³-hybridized carbons (Fsp3) is 0.538. The van der Waals surface area contributed by atoms with Crippen molar-refractivity contribution in [3.8, 4) is 5.75 Å². The molecule has 6 heteroatoms. The predicted molar refractivity (Wildman–Crippen MR) is 64.8 cm³/mol. The van der Waals surface area contributed by atoms with Crippen molar-refractivity contribution >= 4 is 0 Å². The lowest BCUT2D eigenvalue weighted by atomic mass is 9.99. The van der Waals surface area contributed by atoms with Gasteiger partial charge in [-0.2, -0.15) is 0 Å². The Kier molecular flexibility index (Phi) is 5.60. The fourth-order valence-electron chi connectivity index (χ4n) is 1.81. The van der Waals surface area contributed by atoms with Gasteiger partial charge in [0.1, 0.15) is 11.9 Å². The molecule has 1 rings (SSSR count). The third kappa shape index (κ3) is 5.46. The zero-order chi connectivity index (χ0) is 14.5. The molecule has 1 aromatic rings. The molecule has 19 heavy (non-hydrogen) atoms.